The largest absolute Gasteiger partial charge is 0.366 e. The van der Waals surface area contributed by atoms with E-state index in [2.05, 4.69) is 4.98 Å². The van der Waals surface area contributed by atoms with Gasteiger partial charge in [-0.2, -0.15) is 0 Å². The monoisotopic (exact) mass is 138 g/mol. The minimum absolute atomic E-state index is 0.229. The maximum atomic E-state index is 10.5. The number of hydrogen-bond acceptors (Lipinski definition) is 2. The van der Waals surface area contributed by atoms with E-state index in [-0.39, 0.29) is 11.3 Å². The second-order valence-corrected chi connectivity index (χ2v) is 1.79. The fourth-order valence-electron chi connectivity index (χ4n) is 0.695. The highest BCUT2D eigenvalue weighted by Gasteiger charge is 2.06. The third-order valence-electron chi connectivity index (χ3n) is 1.16. The van der Waals surface area contributed by atoms with Crippen molar-refractivity contribution in [3.05, 3.63) is 23.5 Å². The van der Waals surface area contributed by atoms with Crippen LogP contribution in [0.1, 0.15) is 20.8 Å². The molecule has 0 aliphatic carbocycles. The second kappa shape index (κ2) is 2.34. The first-order valence-corrected chi connectivity index (χ1v) is 2.68. The van der Waals surface area contributed by atoms with Crippen LogP contribution in [-0.4, -0.2) is 17.2 Å². The minimum Gasteiger partial charge on any atom is -0.366 e. The van der Waals surface area contributed by atoms with E-state index in [1.54, 1.807) is 0 Å². The molecule has 1 rings (SSSR count). The third kappa shape index (κ3) is 0.907. The molecule has 3 N–H and O–H groups in total. The van der Waals surface area contributed by atoms with Crippen molar-refractivity contribution in [2.24, 2.45) is 5.73 Å². The highest BCUT2D eigenvalue weighted by atomic mass is 16.1. The molecule has 1 aromatic rings. The number of rotatable bonds is 2. The zero-order valence-electron chi connectivity index (χ0n) is 5.13. The predicted octanol–water partition coefficient (Wildman–Crippen LogP) is -0.0739. The number of H-pyrrole nitrogens is 1. The average molecular weight is 138 g/mol. The van der Waals surface area contributed by atoms with Crippen LogP contribution in [0.5, 0.6) is 0 Å². The molecular formula is C6H6N2O2. The Hall–Kier alpha value is -1.58. The zero-order chi connectivity index (χ0) is 7.56. The molecule has 0 aliphatic rings. The molecule has 0 radical (unpaired) electrons. The maximum Gasteiger partial charge on any atom is 0.250 e. The number of aldehydes is 1. The summed E-state index contributed by atoms with van der Waals surface area (Å²) in [5.41, 5.74) is 5.38. The van der Waals surface area contributed by atoms with Crippen molar-refractivity contribution >= 4 is 12.2 Å². The van der Waals surface area contributed by atoms with Gasteiger partial charge in [-0.25, -0.2) is 0 Å². The lowest BCUT2D eigenvalue weighted by atomic mass is 10.2. The summed E-state index contributed by atoms with van der Waals surface area (Å²) >= 11 is 0. The minimum atomic E-state index is -0.594. The number of aromatic amines is 1. The number of aromatic nitrogens is 1. The summed E-state index contributed by atoms with van der Waals surface area (Å²) in [6.45, 7) is 0. The van der Waals surface area contributed by atoms with Gasteiger partial charge in [0.15, 0.2) is 6.29 Å². The Morgan fingerprint density at radius 2 is 2.40 bits per heavy atom. The molecule has 4 heteroatoms. The number of primary amides is 1. The van der Waals surface area contributed by atoms with Crippen LogP contribution >= 0.6 is 0 Å². The first-order chi connectivity index (χ1) is 4.75. The van der Waals surface area contributed by atoms with Gasteiger partial charge in [0.1, 0.15) is 0 Å². The maximum absolute atomic E-state index is 10.5. The molecule has 0 fully saturated rings. The molecule has 0 saturated heterocycles. The number of nitrogens with two attached hydrogens (primary N) is 1. The lowest BCUT2D eigenvalue weighted by molar-refractivity contribution is 0.0993. The molecule has 0 atom stereocenters. The first kappa shape index (κ1) is 6.54. The molecular weight excluding hydrogens is 132 g/mol. The van der Waals surface area contributed by atoms with E-state index in [0.717, 1.165) is 0 Å². The predicted molar refractivity (Wildman–Crippen MR) is 34.7 cm³/mol. The van der Waals surface area contributed by atoms with Crippen molar-refractivity contribution in [2.75, 3.05) is 0 Å². The second-order valence-electron chi connectivity index (χ2n) is 1.79. The fraction of sp³-hybridized carbons (Fsp3) is 0. The lowest BCUT2D eigenvalue weighted by Gasteiger charge is -1.87. The Labute approximate surface area is 57.0 Å². The molecule has 1 aromatic heterocycles. The van der Waals surface area contributed by atoms with Gasteiger partial charge in [-0.3, -0.25) is 9.59 Å². The Kier molecular flexibility index (Phi) is 1.53. The van der Waals surface area contributed by atoms with Gasteiger partial charge >= 0.3 is 0 Å². The highest BCUT2D eigenvalue weighted by Crippen LogP contribution is 2.01. The number of nitrogens with one attached hydrogen (secondary N) is 1. The normalized spacial score (nSPS) is 9.20. The molecule has 10 heavy (non-hydrogen) atoms. The third-order valence-corrected chi connectivity index (χ3v) is 1.16. The Morgan fingerprint density at radius 1 is 1.70 bits per heavy atom. The summed E-state index contributed by atoms with van der Waals surface area (Å²) in [5.74, 6) is -0.594. The summed E-state index contributed by atoms with van der Waals surface area (Å²) in [5, 5.41) is 0. The number of carbonyl (C=O) groups is 2. The molecule has 0 saturated carbocycles. The topological polar surface area (TPSA) is 76.0 Å². The van der Waals surface area contributed by atoms with Crippen LogP contribution in [0.4, 0.5) is 0 Å². The molecule has 0 aliphatic heterocycles. The van der Waals surface area contributed by atoms with Crippen molar-refractivity contribution in [3.8, 4) is 0 Å². The van der Waals surface area contributed by atoms with Crippen LogP contribution < -0.4 is 5.73 Å². The summed E-state index contributed by atoms with van der Waals surface area (Å²) in [4.78, 5) is 23.2. The van der Waals surface area contributed by atoms with Crippen molar-refractivity contribution < 1.29 is 9.59 Å². The van der Waals surface area contributed by atoms with E-state index in [0.29, 0.717) is 6.29 Å². The van der Waals surface area contributed by atoms with E-state index in [4.69, 9.17) is 5.73 Å². The molecule has 1 heterocycles. The fourth-order valence-corrected chi connectivity index (χ4v) is 0.695. The molecule has 0 unspecified atom stereocenters. The Balaban J connectivity index is 3.13. The summed E-state index contributed by atoms with van der Waals surface area (Å²) in [7, 11) is 0. The van der Waals surface area contributed by atoms with Crippen molar-refractivity contribution in [1.29, 1.82) is 0 Å². The van der Waals surface area contributed by atoms with E-state index in [9.17, 15) is 9.59 Å². The Bertz CT molecular complexity index is 264. The molecule has 0 bridgehead atoms. The van der Waals surface area contributed by atoms with Crippen LogP contribution in [0, 0.1) is 0 Å². The van der Waals surface area contributed by atoms with Gasteiger partial charge in [-0.1, -0.05) is 0 Å². The average Bonchev–Trinajstić information content (AvgIpc) is 2.33. The number of carbonyl (C=O) groups excluding carboxylic acids is 2. The highest BCUT2D eigenvalue weighted by molar-refractivity contribution is 5.99. The van der Waals surface area contributed by atoms with Crippen LogP contribution in [0.3, 0.4) is 0 Å². The quantitative estimate of drug-likeness (QED) is 0.561. The number of amides is 1. The zero-order valence-corrected chi connectivity index (χ0v) is 5.13. The van der Waals surface area contributed by atoms with Gasteiger partial charge in [-0.05, 0) is 6.07 Å². The van der Waals surface area contributed by atoms with Crippen molar-refractivity contribution in [2.45, 2.75) is 0 Å². The van der Waals surface area contributed by atoms with Gasteiger partial charge in [0.25, 0.3) is 5.91 Å². The van der Waals surface area contributed by atoms with Crippen LogP contribution in [0.2, 0.25) is 0 Å². The van der Waals surface area contributed by atoms with Gasteiger partial charge in [0.05, 0.1) is 11.3 Å². The molecule has 52 valence electrons. The number of hydrogen-bond donors (Lipinski definition) is 2. The summed E-state index contributed by atoms with van der Waals surface area (Å²) in [6, 6.07) is 1.46. The molecule has 0 spiro atoms. The van der Waals surface area contributed by atoms with Gasteiger partial charge in [0, 0.05) is 6.20 Å². The van der Waals surface area contributed by atoms with E-state index < -0.39 is 5.91 Å². The van der Waals surface area contributed by atoms with Crippen LogP contribution in [0.15, 0.2) is 12.3 Å². The van der Waals surface area contributed by atoms with Crippen molar-refractivity contribution in [3.63, 3.8) is 0 Å². The van der Waals surface area contributed by atoms with E-state index >= 15 is 0 Å². The summed E-state index contributed by atoms with van der Waals surface area (Å²) in [6.07, 6.45) is 2.05. The standard InChI is InChI=1S/C6H6N2O2/c7-6(10)4-1-2-8-5(4)3-9/h1-3,8H,(H2,7,10). The summed E-state index contributed by atoms with van der Waals surface area (Å²) < 4.78 is 0. The van der Waals surface area contributed by atoms with E-state index in [1.807, 2.05) is 0 Å². The van der Waals surface area contributed by atoms with Crippen LogP contribution in [0.25, 0.3) is 0 Å². The smallest absolute Gasteiger partial charge is 0.250 e. The molecule has 0 aromatic carbocycles. The van der Waals surface area contributed by atoms with Gasteiger partial charge < -0.3 is 10.7 Å². The lowest BCUT2D eigenvalue weighted by Crippen LogP contribution is -2.11. The van der Waals surface area contributed by atoms with Gasteiger partial charge in [0.2, 0.25) is 0 Å². The molecule has 4 nitrogen and oxygen atoms in total. The van der Waals surface area contributed by atoms with Crippen LogP contribution in [-0.2, 0) is 0 Å². The van der Waals surface area contributed by atoms with Gasteiger partial charge in [-0.15, -0.1) is 0 Å². The Morgan fingerprint density at radius 3 is 2.80 bits per heavy atom. The first-order valence-electron chi connectivity index (χ1n) is 2.68. The SMILES string of the molecule is NC(=O)c1cc[nH]c1C=O. The molecule has 1 amide bonds. The van der Waals surface area contributed by atoms with E-state index in [1.165, 1.54) is 12.3 Å². The van der Waals surface area contributed by atoms with Crippen molar-refractivity contribution in [1.82, 2.24) is 4.98 Å².